The molecule has 2 aromatic rings. The predicted molar refractivity (Wildman–Crippen MR) is 120 cm³/mol. The number of hydrogen-bond acceptors (Lipinski definition) is 5. The Morgan fingerprint density at radius 1 is 1.00 bits per heavy atom. The molecule has 0 saturated carbocycles. The average Bonchev–Trinajstić information content (AvgIpc) is 2.70. The number of fused-ring (bicyclic) bond motifs is 1. The normalized spacial score (nSPS) is 12.5. The maximum Gasteiger partial charge on any atom is 0.238 e. The maximum absolute atomic E-state index is 12.6. The second-order valence-electron chi connectivity index (χ2n) is 7.10. The van der Waals surface area contributed by atoms with Gasteiger partial charge in [-0.3, -0.25) is 14.5 Å². The van der Waals surface area contributed by atoms with E-state index < -0.39 is 0 Å². The van der Waals surface area contributed by atoms with E-state index in [-0.39, 0.29) is 24.9 Å². The summed E-state index contributed by atoms with van der Waals surface area (Å²) in [5, 5.41) is 5.80. The smallest absolute Gasteiger partial charge is 0.238 e. The van der Waals surface area contributed by atoms with Crippen molar-refractivity contribution in [1.82, 2.24) is 4.90 Å². The van der Waals surface area contributed by atoms with Gasteiger partial charge in [-0.1, -0.05) is 25.1 Å². The van der Waals surface area contributed by atoms with Crippen molar-refractivity contribution in [3.63, 3.8) is 0 Å². The van der Waals surface area contributed by atoms with Crippen molar-refractivity contribution in [2.45, 2.75) is 20.3 Å². The zero-order valence-electron chi connectivity index (χ0n) is 17.2. The number of nitrogens with zero attached hydrogens (tertiary/aromatic N) is 1. The molecule has 0 radical (unpaired) electrons. The number of nitrogens with one attached hydrogen (secondary N) is 2. The number of benzene rings is 2. The van der Waals surface area contributed by atoms with Crippen molar-refractivity contribution in [1.29, 1.82) is 0 Å². The number of aryl methyl sites for hydroxylation is 1. The van der Waals surface area contributed by atoms with Gasteiger partial charge >= 0.3 is 0 Å². The van der Waals surface area contributed by atoms with Gasteiger partial charge in [-0.2, -0.15) is 0 Å². The Hall–Kier alpha value is -2.58. The molecule has 30 heavy (non-hydrogen) atoms. The number of anilines is 2. The van der Waals surface area contributed by atoms with E-state index in [0.717, 1.165) is 17.7 Å². The molecule has 2 N–H and O–H groups in total. The van der Waals surface area contributed by atoms with Crippen molar-refractivity contribution in [3.8, 4) is 11.5 Å². The molecule has 0 aliphatic carbocycles. The van der Waals surface area contributed by atoms with Gasteiger partial charge in [-0.05, 0) is 47.4 Å². The lowest BCUT2D eigenvalue weighted by molar-refractivity contribution is -0.120. The third-order valence-corrected chi connectivity index (χ3v) is 5.26. The van der Waals surface area contributed by atoms with E-state index in [0.29, 0.717) is 41.4 Å². The largest absolute Gasteiger partial charge is 0.486 e. The third kappa shape index (κ3) is 5.96. The summed E-state index contributed by atoms with van der Waals surface area (Å²) in [6.45, 7) is 5.81. The standard InChI is InChI=1S/C22H26BrN3O4/c1-3-8-26(13-21(27)24-17-7-5-4-6-15(17)2)14-22(28)25-18-12-20-19(11-16(18)23)29-9-10-30-20/h4-7,11-12H,3,8-10,13-14H2,1-2H3,(H,24,27)(H,25,28). The number of hydrogen-bond donors (Lipinski definition) is 2. The molecule has 0 unspecified atom stereocenters. The second kappa shape index (κ2) is 10.4. The second-order valence-corrected chi connectivity index (χ2v) is 7.95. The van der Waals surface area contributed by atoms with Crippen LogP contribution in [0, 0.1) is 6.92 Å². The maximum atomic E-state index is 12.6. The van der Waals surface area contributed by atoms with E-state index in [1.807, 2.05) is 43.0 Å². The topological polar surface area (TPSA) is 79.9 Å². The molecular formula is C22H26BrN3O4. The molecule has 0 aromatic heterocycles. The fourth-order valence-electron chi connectivity index (χ4n) is 3.19. The number of halogens is 1. The molecule has 0 atom stereocenters. The minimum atomic E-state index is -0.204. The van der Waals surface area contributed by atoms with Crippen LogP contribution in [0.3, 0.4) is 0 Å². The molecule has 8 heteroatoms. The Morgan fingerprint density at radius 2 is 1.60 bits per heavy atom. The van der Waals surface area contributed by atoms with Gasteiger partial charge in [0.25, 0.3) is 0 Å². The predicted octanol–water partition coefficient (Wildman–Crippen LogP) is 3.82. The lowest BCUT2D eigenvalue weighted by Gasteiger charge is -2.22. The first-order chi connectivity index (χ1) is 14.5. The zero-order valence-corrected chi connectivity index (χ0v) is 18.8. The van der Waals surface area contributed by atoms with E-state index in [2.05, 4.69) is 26.6 Å². The molecule has 1 aliphatic rings. The minimum absolute atomic E-state index is 0.107. The van der Waals surface area contributed by atoms with Gasteiger partial charge < -0.3 is 20.1 Å². The molecule has 0 fully saturated rings. The van der Waals surface area contributed by atoms with Gasteiger partial charge in [0.15, 0.2) is 11.5 Å². The van der Waals surface area contributed by atoms with Gasteiger partial charge in [0, 0.05) is 22.3 Å². The summed E-state index contributed by atoms with van der Waals surface area (Å²) in [5.74, 6) is 0.893. The number of rotatable bonds is 8. The zero-order chi connectivity index (χ0) is 21.5. The van der Waals surface area contributed by atoms with Gasteiger partial charge in [0.2, 0.25) is 11.8 Å². The first-order valence-electron chi connectivity index (χ1n) is 9.93. The highest BCUT2D eigenvalue weighted by Gasteiger charge is 2.18. The molecule has 0 saturated heterocycles. The van der Waals surface area contributed by atoms with E-state index in [4.69, 9.17) is 9.47 Å². The lowest BCUT2D eigenvalue weighted by Crippen LogP contribution is -2.39. The summed E-state index contributed by atoms with van der Waals surface area (Å²) >= 11 is 3.46. The number of para-hydroxylation sites is 1. The van der Waals surface area contributed by atoms with Crippen LogP contribution in [0.4, 0.5) is 11.4 Å². The monoisotopic (exact) mass is 475 g/mol. The molecule has 3 rings (SSSR count). The first kappa shape index (κ1) is 22.1. The minimum Gasteiger partial charge on any atom is -0.486 e. The fraction of sp³-hybridized carbons (Fsp3) is 0.364. The number of amides is 2. The summed E-state index contributed by atoms with van der Waals surface area (Å²) in [4.78, 5) is 26.9. The Labute approximate surface area is 184 Å². The van der Waals surface area contributed by atoms with Gasteiger partial charge in [0.05, 0.1) is 18.8 Å². The summed E-state index contributed by atoms with van der Waals surface area (Å²) in [6.07, 6.45) is 0.832. The van der Waals surface area contributed by atoms with E-state index in [9.17, 15) is 9.59 Å². The van der Waals surface area contributed by atoms with Crippen molar-refractivity contribution in [2.24, 2.45) is 0 Å². The Balaban J connectivity index is 1.60. The molecule has 7 nitrogen and oxygen atoms in total. The van der Waals surface area contributed by atoms with Crippen molar-refractivity contribution in [3.05, 3.63) is 46.4 Å². The summed E-state index contributed by atoms with van der Waals surface area (Å²) in [7, 11) is 0. The molecule has 2 amide bonds. The quantitative estimate of drug-likeness (QED) is 0.606. The highest BCUT2D eigenvalue weighted by Crippen LogP contribution is 2.38. The van der Waals surface area contributed by atoms with Crippen LogP contribution in [0.5, 0.6) is 11.5 Å². The Morgan fingerprint density at radius 3 is 2.23 bits per heavy atom. The van der Waals surface area contributed by atoms with Gasteiger partial charge in [-0.15, -0.1) is 0 Å². The molecule has 1 heterocycles. The summed E-state index contributed by atoms with van der Waals surface area (Å²) < 4.78 is 11.8. The van der Waals surface area contributed by atoms with Crippen molar-refractivity contribution >= 4 is 39.1 Å². The van der Waals surface area contributed by atoms with Crippen LogP contribution in [0.15, 0.2) is 40.9 Å². The highest BCUT2D eigenvalue weighted by atomic mass is 79.9. The fourth-order valence-corrected chi connectivity index (χ4v) is 3.61. The van der Waals surface area contributed by atoms with Crippen LogP contribution >= 0.6 is 15.9 Å². The van der Waals surface area contributed by atoms with Crippen LogP contribution in [0.25, 0.3) is 0 Å². The highest BCUT2D eigenvalue weighted by molar-refractivity contribution is 9.10. The van der Waals surface area contributed by atoms with Crippen LogP contribution in [0.2, 0.25) is 0 Å². The van der Waals surface area contributed by atoms with E-state index in [1.54, 1.807) is 12.1 Å². The van der Waals surface area contributed by atoms with Crippen molar-refractivity contribution < 1.29 is 19.1 Å². The molecule has 1 aliphatic heterocycles. The third-order valence-electron chi connectivity index (χ3n) is 4.60. The Kier molecular flexibility index (Phi) is 7.70. The van der Waals surface area contributed by atoms with E-state index >= 15 is 0 Å². The first-order valence-corrected chi connectivity index (χ1v) is 10.7. The molecule has 0 spiro atoms. The molecular weight excluding hydrogens is 450 g/mol. The van der Waals surface area contributed by atoms with Crippen LogP contribution in [-0.4, -0.2) is 49.6 Å². The van der Waals surface area contributed by atoms with Crippen LogP contribution < -0.4 is 20.1 Å². The molecule has 160 valence electrons. The summed E-state index contributed by atoms with van der Waals surface area (Å²) in [5.41, 5.74) is 2.38. The number of carbonyl (C=O) groups excluding carboxylic acids is 2. The van der Waals surface area contributed by atoms with Gasteiger partial charge in [-0.25, -0.2) is 0 Å². The lowest BCUT2D eigenvalue weighted by atomic mass is 10.2. The van der Waals surface area contributed by atoms with E-state index in [1.165, 1.54) is 0 Å². The molecule has 2 aromatic carbocycles. The number of ether oxygens (including phenoxy) is 2. The summed E-state index contributed by atoms with van der Waals surface area (Å²) in [6, 6.07) is 11.1. The number of carbonyl (C=O) groups is 2. The SMILES string of the molecule is CCCN(CC(=O)Nc1ccccc1C)CC(=O)Nc1cc2c(cc1Br)OCCO2. The Bertz CT molecular complexity index is 919. The van der Waals surface area contributed by atoms with Gasteiger partial charge in [0.1, 0.15) is 13.2 Å². The average molecular weight is 476 g/mol. The molecule has 0 bridgehead atoms. The van der Waals surface area contributed by atoms with Crippen molar-refractivity contribution in [2.75, 3.05) is 43.5 Å². The van der Waals surface area contributed by atoms with Crippen LogP contribution in [-0.2, 0) is 9.59 Å². The van der Waals surface area contributed by atoms with Crippen LogP contribution in [0.1, 0.15) is 18.9 Å².